The normalized spacial score (nSPS) is 18.9. The molecule has 0 bridgehead atoms. The minimum atomic E-state index is -1.26. The third kappa shape index (κ3) is 8.61. The highest BCUT2D eigenvalue weighted by atomic mass is 16.4. The number of nitrogens with one attached hydrogen (secondary N) is 2. The van der Waals surface area contributed by atoms with Crippen molar-refractivity contribution < 1.29 is 39.0 Å². The maximum atomic E-state index is 13.2. The van der Waals surface area contributed by atoms with Gasteiger partial charge in [-0.15, -0.1) is 0 Å². The van der Waals surface area contributed by atoms with Crippen molar-refractivity contribution in [2.75, 3.05) is 6.54 Å². The van der Waals surface area contributed by atoms with Crippen LogP contribution in [-0.4, -0.2) is 81.4 Å². The van der Waals surface area contributed by atoms with Crippen molar-refractivity contribution >= 4 is 35.6 Å². The Morgan fingerprint density at radius 1 is 1.03 bits per heavy atom. The van der Waals surface area contributed by atoms with Crippen LogP contribution < -0.4 is 22.1 Å². The van der Waals surface area contributed by atoms with Gasteiger partial charge < -0.3 is 37.2 Å². The minimum Gasteiger partial charge on any atom is -0.481 e. The number of nitrogens with two attached hydrogens (primary N) is 2. The highest BCUT2D eigenvalue weighted by molar-refractivity contribution is 5.94. The summed E-state index contributed by atoms with van der Waals surface area (Å²) >= 11 is 0. The Hall–Kier alpha value is -3.22. The van der Waals surface area contributed by atoms with E-state index in [4.69, 9.17) is 16.6 Å². The summed E-state index contributed by atoms with van der Waals surface area (Å²) in [5.41, 5.74) is 10.9. The Kier molecular flexibility index (Phi) is 11.4. The highest BCUT2D eigenvalue weighted by Gasteiger charge is 2.40. The lowest BCUT2D eigenvalue weighted by Gasteiger charge is -2.31. The zero-order chi connectivity index (χ0) is 26.0. The molecular formula is C21H35N5O8. The summed E-state index contributed by atoms with van der Waals surface area (Å²) < 4.78 is 0. The van der Waals surface area contributed by atoms with Gasteiger partial charge in [-0.3, -0.25) is 24.0 Å². The second-order valence-electron chi connectivity index (χ2n) is 8.50. The molecule has 0 aromatic heterocycles. The third-order valence-electron chi connectivity index (χ3n) is 5.92. The first-order valence-corrected chi connectivity index (χ1v) is 11.3. The van der Waals surface area contributed by atoms with Gasteiger partial charge in [0.15, 0.2) is 0 Å². The number of carbonyl (C=O) groups is 6. The molecule has 8 N–H and O–H groups in total. The second kappa shape index (κ2) is 13.5. The fourth-order valence-corrected chi connectivity index (χ4v) is 3.65. The van der Waals surface area contributed by atoms with Gasteiger partial charge >= 0.3 is 11.9 Å². The van der Waals surface area contributed by atoms with E-state index >= 15 is 0 Å². The average Bonchev–Trinajstić information content (AvgIpc) is 3.27. The van der Waals surface area contributed by atoms with Crippen molar-refractivity contribution in [1.29, 1.82) is 0 Å². The van der Waals surface area contributed by atoms with E-state index in [1.807, 2.05) is 6.92 Å². The number of rotatable bonds is 14. The van der Waals surface area contributed by atoms with Crippen molar-refractivity contribution in [3.63, 3.8) is 0 Å². The summed E-state index contributed by atoms with van der Waals surface area (Å²) in [6.07, 6.45) is 0.423. The van der Waals surface area contributed by atoms with Crippen molar-refractivity contribution in [1.82, 2.24) is 15.5 Å². The predicted octanol–water partition coefficient (Wildman–Crippen LogP) is -1.46. The van der Waals surface area contributed by atoms with E-state index in [-0.39, 0.29) is 38.1 Å². The molecule has 13 nitrogen and oxygen atoms in total. The summed E-state index contributed by atoms with van der Waals surface area (Å²) in [6.45, 7) is 3.79. The number of carboxylic acids is 2. The van der Waals surface area contributed by atoms with Gasteiger partial charge in [-0.05, 0) is 31.6 Å². The van der Waals surface area contributed by atoms with Crippen LogP contribution in [0.2, 0.25) is 0 Å². The Labute approximate surface area is 197 Å². The Bertz CT molecular complexity index is 789. The number of carbonyl (C=O) groups excluding carboxylic acids is 4. The highest BCUT2D eigenvalue weighted by Crippen LogP contribution is 2.21. The van der Waals surface area contributed by atoms with Crippen LogP contribution in [0.15, 0.2) is 0 Å². The van der Waals surface area contributed by atoms with Crippen molar-refractivity contribution in [2.45, 2.75) is 83.0 Å². The molecule has 13 heteroatoms. The van der Waals surface area contributed by atoms with E-state index in [1.54, 1.807) is 6.92 Å². The van der Waals surface area contributed by atoms with Crippen LogP contribution in [0.25, 0.3) is 0 Å². The summed E-state index contributed by atoms with van der Waals surface area (Å²) in [4.78, 5) is 73.3. The summed E-state index contributed by atoms with van der Waals surface area (Å²) in [6, 6.07) is -4.49. The molecule has 4 amide bonds. The van der Waals surface area contributed by atoms with Gasteiger partial charge in [0.25, 0.3) is 0 Å². The fourth-order valence-electron chi connectivity index (χ4n) is 3.65. The number of hydrogen-bond acceptors (Lipinski definition) is 7. The van der Waals surface area contributed by atoms with E-state index in [9.17, 15) is 33.9 Å². The lowest BCUT2D eigenvalue weighted by molar-refractivity contribution is -0.150. The number of carboxylic acid groups (broad SMARTS) is 2. The van der Waals surface area contributed by atoms with Crippen molar-refractivity contribution in [3.8, 4) is 0 Å². The van der Waals surface area contributed by atoms with E-state index < -0.39 is 59.7 Å². The molecule has 0 radical (unpaired) electrons. The Morgan fingerprint density at radius 3 is 2.21 bits per heavy atom. The van der Waals surface area contributed by atoms with E-state index in [0.29, 0.717) is 19.3 Å². The quantitative estimate of drug-likeness (QED) is 0.169. The van der Waals surface area contributed by atoms with E-state index in [1.165, 1.54) is 4.90 Å². The molecule has 34 heavy (non-hydrogen) atoms. The summed E-state index contributed by atoms with van der Waals surface area (Å²) in [7, 11) is 0. The second-order valence-corrected chi connectivity index (χ2v) is 8.50. The number of primary amides is 1. The predicted molar refractivity (Wildman–Crippen MR) is 119 cm³/mol. The molecule has 5 atom stereocenters. The molecule has 1 heterocycles. The molecule has 5 unspecified atom stereocenters. The topological polar surface area (TPSA) is 222 Å². The van der Waals surface area contributed by atoms with Gasteiger partial charge in [-0.1, -0.05) is 20.3 Å². The van der Waals surface area contributed by atoms with E-state index in [2.05, 4.69) is 10.6 Å². The first-order chi connectivity index (χ1) is 15.9. The largest absolute Gasteiger partial charge is 0.481 e. The van der Waals surface area contributed by atoms with Gasteiger partial charge in [0.05, 0.1) is 6.04 Å². The van der Waals surface area contributed by atoms with Crippen LogP contribution in [0, 0.1) is 5.92 Å². The van der Waals surface area contributed by atoms with Crippen LogP contribution in [0.5, 0.6) is 0 Å². The van der Waals surface area contributed by atoms with Crippen molar-refractivity contribution in [3.05, 3.63) is 0 Å². The average molecular weight is 486 g/mol. The molecule has 1 rings (SSSR count). The fraction of sp³-hybridized carbons (Fsp3) is 0.714. The number of hydrogen-bond donors (Lipinski definition) is 6. The maximum absolute atomic E-state index is 13.2. The maximum Gasteiger partial charge on any atom is 0.326 e. The molecule has 1 aliphatic rings. The Balaban J connectivity index is 3.02. The summed E-state index contributed by atoms with van der Waals surface area (Å²) in [5, 5.41) is 23.2. The monoisotopic (exact) mass is 485 g/mol. The van der Waals surface area contributed by atoms with Gasteiger partial charge in [0, 0.05) is 19.4 Å². The van der Waals surface area contributed by atoms with Crippen LogP contribution in [0.1, 0.15) is 58.8 Å². The zero-order valence-electron chi connectivity index (χ0n) is 19.5. The lowest BCUT2D eigenvalue weighted by Crippen LogP contribution is -2.58. The molecular weight excluding hydrogens is 450 g/mol. The molecule has 1 aliphatic heterocycles. The molecule has 192 valence electrons. The van der Waals surface area contributed by atoms with Crippen LogP contribution in [-0.2, 0) is 28.8 Å². The van der Waals surface area contributed by atoms with Gasteiger partial charge in [-0.2, -0.15) is 0 Å². The smallest absolute Gasteiger partial charge is 0.326 e. The molecule has 0 spiro atoms. The number of likely N-dealkylation sites (tertiary alicyclic amines) is 1. The van der Waals surface area contributed by atoms with Crippen LogP contribution in [0.4, 0.5) is 0 Å². The molecule has 0 aromatic carbocycles. The van der Waals surface area contributed by atoms with Crippen LogP contribution in [0.3, 0.4) is 0 Å². The first kappa shape index (κ1) is 28.8. The van der Waals surface area contributed by atoms with Gasteiger partial charge in [-0.25, -0.2) is 4.79 Å². The SMILES string of the molecule is CCC(C)C(NC(=O)C(CCC(N)=O)NC(=O)C(N)CCC(=O)O)C(=O)N1CCCC1C(=O)O. The Morgan fingerprint density at radius 2 is 1.68 bits per heavy atom. The third-order valence-corrected chi connectivity index (χ3v) is 5.92. The van der Waals surface area contributed by atoms with Gasteiger partial charge in [0.2, 0.25) is 23.6 Å². The van der Waals surface area contributed by atoms with Crippen molar-refractivity contribution in [2.24, 2.45) is 17.4 Å². The molecule has 1 saturated heterocycles. The molecule has 0 aliphatic carbocycles. The minimum absolute atomic E-state index is 0.162. The first-order valence-electron chi connectivity index (χ1n) is 11.3. The zero-order valence-corrected chi connectivity index (χ0v) is 19.5. The summed E-state index contributed by atoms with van der Waals surface area (Å²) in [5.74, 6) is -5.40. The number of nitrogens with zero attached hydrogens (tertiary/aromatic N) is 1. The van der Waals surface area contributed by atoms with Gasteiger partial charge in [0.1, 0.15) is 18.1 Å². The standard InChI is InChI=1S/C21H35N5O8/c1-3-11(2)17(20(32)26-10-4-5-14(26)21(33)34)25-19(31)13(7-8-15(23)27)24-18(30)12(22)6-9-16(28)29/h11-14,17H,3-10,22H2,1-2H3,(H2,23,27)(H,24,30)(H,25,31)(H,28,29)(H,33,34). The van der Waals surface area contributed by atoms with E-state index in [0.717, 1.165) is 0 Å². The number of aliphatic carboxylic acids is 2. The lowest BCUT2D eigenvalue weighted by atomic mass is 9.96. The molecule has 0 aromatic rings. The molecule has 0 saturated carbocycles. The number of amides is 4. The van der Waals surface area contributed by atoms with Crippen LogP contribution >= 0.6 is 0 Å². The molecule has 1 fully saturated rings.